The highest BCUT2D eigenvalue weighted by atomic mass is 16.5. The Balaban J connectivity index is 1.54. The van der Waals surface area contributed by atoms with E-state index in [-0.39, 0.29) is 6.10 Å². The van der Waals surface area contributed by atoms with Gasteiger partial charge in [-0.15, -0.1) is 0 Å². The lowest BCUT2D eigenvalue weighted by Crippen LogP contribution is -2.01. The Kier molecular flexibility index (Phi) is 17.1. The SMILES string of the molecule is CCCCCCCCCCCCCCCOc1ccc(-c2ccc(C(C)OCCCCC)cc2)cc1. The summed E-state index contributed by atoms with van der Waals surface area (Å²) in [5.74, 6) is 0.975. The molecule has 0 amide bonds. The molecule has 0 saturated carbocycles. The van der Waals surface area contributed by atoms with Crippen molar-refractivity contribution >= 4 is 0 Å². The van der Waals surface area contributed by atoms with Crippen molar-refractivity contribution in [3.05, 3.63) is 54.1 Å². The molecule has 202 valence electrons. The molecule has 0 bridgehead atoms. The van der Waals surface area contributed by atoms with Gasteiger partial charge in [0.2, 0.25) is 0 Å². The molecule has 0 aliphatic heterocycles. The molecule has 0 radical (unpaired) electrons. The molecule has 0 saturated heterocycles. The standard InChI is InChI=1S/C34H54O2/c1-4-6-8-9-10-11-12-13-14-15-16-17-19-29-36-34-26-24-33(25-27-34)32-22-20-31(21-23-32)30(3)35-28-18-7-5-2/h20-27,30H,4-19,28-29H2,1-3H3. The average molecular weight is 495 g/mol. The maximum absolute atomic E-state index is 5.99. The van der Waals surface area contributed by atoms with Gasteiger partial charge in [0.25, 0.3) is 0 Å². The average Bonchev–Trinajstić information content (AvgIpc) is 2.91. The molecule has 0 aliphatic rings. The van der Waals surface area contributed by atoms with Gasteiger partial charge < -0.3 is 9.47 Å². The molecule has 2 heteroatoms. The van der Waals surface area contributed by atoms with Crippen molar-refractivity contribution in [3.63, 3.8) is 0 Å². The van der Waals surface area contributed by atoms with Crippen LogP contribution >= 0.6 is 0 Å². The summed E-state index contributed by atoms with van der Waals surface area (Å²) in [6.07, 6.45) is 21.7. The van der Waals surface area contributed by atoms with Gasteiger partial charge in [0.05, 0.1) is 12.7 Å². The smallest absolute Gasteiger partial charge is 0.119 e. The summed E-state index contributed by atoms with van der Waals surface area (Å²) < 4.78 is 12.0. The van der Waals surface area contributed by atoms with Crippen LogP contribution in [0, 0.1) is 0 Å². The summed E-state index contributed by atoms with van der Waals surface area (Å²) in [6.45, 7) is 8.32. The topological polar surface area (TPSA) is 18.5 Å². The molecular weight excluding hydrogens is 440 g/mol. The third-order valence-electron chi connectivity index (χ3n) is 7.20. The van der Waals surface area contributed by atoms with Gasteiger partial charge in [-0.3, -0.25) is 0 Å². The molecule has 0 aromatic heterocycles. The fraction of sp³-hybridized carbons (Fsp3) is 0.647. The number of unbranched alkanes of at least 4 members (excludes halogenated alkanes) is 14. The van der Waals surface area contributed by atoms with Gasteiger partial charge in [0, 0.05) is 6.61 Å². The zero-order valence-corrected chi connectivity index (χ0v) is 23.7. The normalized spacial score (nSPS) is 12.1. The van der Waals surface area contributed by atoms with Crippen LogP contribution in [-0.2, 0) is 4.74 Å². The van der Waals surface area contributed by atoms with Crippen molar-refractivity contribution in [3.8, 4) is 16.9 Å². The minimum atomic E-state index is 0.150. The van der Waals surface area contributed by atoms with E-state index in [0.29, 0.717) is 0 Å². The van der Waals surface area contributed by atoms with Gasteiger partial charge in [-0.1, -0.05) is 140 Å². The summed E-state index contributed by atoms with van der Waals surface area (Å²) in [5.41, 5.74) is 3.71. The van der Waals surface area contributed by atoms with E-state index in [1.165, 1.54) is 107 Å². The number of hydrogen-bond acceptors (Lipinski definition) is 2. The van der Waals surface area contributed by atoms with Crippen LogP contribution in [0.25, 0.3) is 11.1 Å². The van der Waals surface area contributed by atoms with E-state index in [0.717, 1.165) is 31.8 Å². The highest BCUT2D eigenvalue weighted by molar-refractivity contribution is 5.64. The van der Waals surface area contributed by atoms with E-state index in [1.807, 2.05) is 0 Å². The van der Waals surface area contributed by atoms with Crippen molar-refractivity contribution in [1.82, 2.24) is 0 Å². The lowest BCUT2D eigenvalue weighted by atomic mass is 10.0. The minimum Gasteiger partial charge on any atom is -0.494 e. The zero-order chi connectivity index (χ0) is 25.7. The molecule has 2 aromatic carbocycles. The number of rotatable bonds is 22. The fourth-order valence-corrected chi connectivity index (χ4v) is 4.71. The monoisotopic (exact) mass is 494 g/mol. The van der Waals surface area contributed by atoms with Crippen molar-refractivity contribution < 1.29 is 9.47 Å². The van der Waals surface area contributed by atoms with Gasteiger partial charge >= 0.3 is 0 Å². The third-order valence-corrected chi connectivity index (χ3v) is 7.20. The maximum Gasteiger partial charge on any atom is 0.119 e. The van der Waals surface area contributed by atoms with Crippen LogP contribution in [0.1, 0.15) is 135 Å². The van der Waals surface area contributed by atoms with E-state index in [9.17, 15) is 0 Å². The zero-order valence-electron chi connectivity index (χ0n) is 23.7. The second kappa shape index (κ2) is 20.3. The number of benzene rings is 2. The first-order valence-electron chi connectivity index (χ1n) is 15.2. The highest BCUT2D eigenvalue weighted by Gasteiger charge is 2.06. The molecule has 2 rings (SSSR count). The Morgan fingerprint density at radius 3 is 1.44 bits per heavy atom. The predicted molar refractivity (Wildman–Crippen MR) is 157 cm³/mol. The molecule has 0 N–H and O–H groups in total. The summed E-state index contributed by atoms with van der Waals surface area (Å²) >= 11 is 0. The molecule has 0 aliphatic carbocycles. The summed E-state index contributed by atoms with van der Waals surface area (Å²) in [4.78, 5) is 0. The van der Waals surface area contributed by atoms with Crippen molar-refractivity contribution in [2.75, 3.05) is 13.2 Å². The van der Waals surface area contributed by atoms with E-state index in [1.54, 1.807) is 0 Å². The lowest BCUT2D eigenvalue weighted by Gasteiger charge is -2.14. The molecule has 1 atom stereocenters. The third kappa shape index (κ3) is 13.5. The highest BCUT2D eigenvalue weighted by Crippen LogP contribution is 2.25. The Bertz CT molecular complexity index is 750. The van der Waals surface area contributed by atoms with Crippen LogP contribution in [0.5, 0.6) is 5.75 Å². The van der Waals surface area contributed by atoms with Gasteiger partial charge in [-0.2, -0.15) is 0 Å². The molecule has 0 heterocycles. The summed E-state index contributed by atoms with van der Waals surface area (Å²) in [6, 6.07) is 17.3. The Labute approximate surface area is 223 Å². The minimum absolute atomic E-state index is 0.150. The number of hydrogen-bond donors (Lipinski definition) is 0. The van der Waals surface area contributed by atoms with Gasteiger partial charge in [0.1, 0.15) is 5.75 Å². The van der Waals surface area contributed by atoms with Crippen LogP contribution in [0.2, 0.25) is 0 Å². The van der Waals surface area contributed by atoms with E-state index in [4.69, 9.17) is 9.47 Å². The predicted octanol–water partition coefficient (Wildman–Crippen LogP) is 11.1. The Hall–Kier alpha value is -1.80. The van der Waals surface area contributed by atoms with Gasteiger partial charge in [-0.25, -0.2) is 0 Å². The van der Waals surface area contributed by atoms with Gasteiger partial charge in [-0.05, 0) is 48.6 Å². The van der Waals surface area contributed by atoms with Crippen LogP contribution in [0.15, 0.2) is 48.5 Å². The fourth-order valence-electron chi connectivity index (χ4n) is 4.71. The van der Waals surface area contributed by atoms with Crippen molar-refractivity contribution in [2.24, 2.45) is 0 Å². The van der Waals surface area contributed by atoms with Crippen LogP contribution < -0.4 is 4.74 Å². The molecule has 0 spiro atoms. The van der Waals surface area contributed by atoms with Crippen molar-refractivity contribution in [2.45, 2.75) is 130 Å². The molecule has 36 heavy (non-hydrogen) atoms. The van der Waals surface area contributed by atoms with Crippen LogP contribution in [-0.4, -0.2) is 13.2 Å². The first-order chi connectivity index (χ1) is 17.7. The van der Waals surface area contributed by atoms with Crippen molar-refractivity contribution in [1.29, 1.82) is 0 Å². The molecule has 2 nitrogen and oxygen atoms in total. The quantitative estimate of drug-likeness (QED) is 0.151. The van der Waals surface area contributed by atoms with E-state index < -0.39 is 0 Å². The Morgan fingerprint density at radius 1 is 0.500 bits per heavy atom. The number of ether oxygens (including phenoxy) is 2. The second-order valence-corrected chi connectivity index (χ2v) is 10.5. The molecule has 1 unspecified atom stereocenters. The lowest BCUT2D eigenvalue weighted by molar-refractivity contribution is 0.0630. The van der Waals surface area contributed by atoms with Crippen LogP contribution in [0.3, 0.4) is 0 Å². The first kappa shape index (κ1) is 30.4. The van der Waals surface area contributed by atoms with Gasteiger partial charge in [0.15, 0.2) is 0 Å². The van der Waals surface area contributed by atoms with E-state index in [2.05, 4.69) is 69.3 Å². The largest absolute Gasteiger partial charge is 0.494 e. The summed E-state index contributed by atoms with van der Waals surface area (Å²) in [5, 5.41) is 0. The second-order valence-electron chi connectivity index (χ2n) is 10.5. The Morgan fingerprint density at radius 2 is 0.917 bits per heavy atom. The first-order valence-corrected chi connectivity index (χ1v) is 15.2. The summed E-state index contributed by atoms with van der Waals surface area (Å²) in [7, 11) is 0. The van der Waals surface area contributed by atoms with E-state index >= 15 is 0 Å². The van der Waals surface area contributed by atoms with Crippen LogP contribution in [0.4, 0.5) is 0 Å². The molecule has 0 fully saturated rings. The molecule has 2 aromatic rings. The molecular formula is C34H54O2. The maximum atomic E-state index is 5.99.